The van der Waals surface area contributed by atoms with Crippen molar-refractivity contribution in [3.63, 3.8) is 0 Å². The van der Waals surface area contributed by atoms with E-state index >= 15 is 0 Å². The number of amides is 3. The molecule has 3 rings (SSSR count). The molecule has 1 saturated carbocycles. The number of nitrogens with one attached hydrogen (secondary N) is 2. The average Bonchev–Trinajstić information content (AvgIpc) is 2.88. The summed E-state index contributed by atoms with van der Waals surface area (Å²) in [6.07, 6.45) is 4.33. The SMILES string of the molecule is C=Cc1cccc(C(C(=O)NCc2ccccc2)N(C(=O)C(NC(=O)OC(C)(C)C)C(C)CC)C2CCC2)c1. The second kappa shape index (κ2) is 13.5. The highest BCUT2D eigenvalue weighted by atomic mass is 16.6. The molecular weight excluding hydrogens is 490 g/mol. The molecule has 7 nitrogen and oxygen atoms in total. The molecule has 0 aromatic heterocycles. The lowest BCUT2D eigenvalue weighted by atomic mass is 9.86. The van der Waals surface area contributed by atoms with Crippen molar-refractivity contribution in [2.45, 2.75) is 90.6 Å². The van der Waals surface area contributed by atoms with Gasteiger partial charge in [0.25, 0.3) is 0 Å². The van der Waals surface area contributed by atoms with E-state index in [4.69, 9.17) is 4.74 Å². The summed E-state index contributed by atoms with van der Waals surface area (Å²) in [4.78, 5) is 42.8. The molecule has 2 N–H and O–H groups in total. The number of carbonyl (C=O) groups is 3. The van der Waals surface area contributed by atoms with Gasteiger partial charge >= 0.3 is 6.09 Å². The van der Waals surface area contributed by atoms with Gasteiger partial charge in [-0.2, -0.15) is 0 Å². The zero-order chi connectivity index (χ0) is 28.6. The fourth-order valence-electron chi connectivity index (χ4n) is 4.64. The predicted molar refractivity (Wildman–Crippen MR) is 155 cm³/mol. The summed E-state index contributed by atoms with van der Waals surface area (Å²) in [7, 11) is 0. The first-order chi connectivity index (χ1) is 18.5. The summed E-state index contributed by atoms with van der Waals surface area (Å²) < 4.78 is 5.49. The van der Waals surface area contributed by atoms with E-state index in [1.807, 2.05) is 68.4 Å². The lowest BCUT2D eigenvalue weighted by molar-refractivity contribution is -0.148. The Morgan fingerprint density at radius 2 is 1.79 bits per heavy atom. The average molecular weight is 534 g/mol. The Morgan fingerprint density at radius 3 is 2.36 bits per heavy atom. The third kappa shape index (κ3) is 8.19. The van der Waals surface area contributed by atoms with Gasteiger partial charge in [0.05, 0.1) is 0 Å². The molecule has 1 aliphatic rings. The molecule has 0 aliphatic heterocycles. The second-order valence-corrected chi connectivity index (χ2v) is 11.3. The zero-order valence-corrected chi connectivity index (χ0v) is 23.9. The van der Waals surface area contributed by atoms with Crippen LogP contribution in [0.1, 0.15) is 83.0 Å². The van der Waals surface area contributed by atoms with Gasteiger partial charge in [0.2, 0.25) is 11.8 Å². The molecule has 7 heteroatoms. The van der Waals surface area contributed by atoms with Crippen LogP contribution in [0.15, 0.2) is 61.2 Å². The Labute approximate surface area is 233 Å². The molecule has 0 heterocycles. The van der Waals surface area contributed by atoms with Gasteiger partial charge in [-0.15, -0.1) is 0 Å². The van der Waals surface area contributed by atoms with Gasteiger partial charge in [-0.05, 0) is 68.7 Å². The first-order valence-corrected chi connectivity index (χ1v) is 13.9. The number of hydrogen-bond donors (Lipinski definition) is 2. The Morgan fingerprint density at radius 1 is 1.10 bits per heavy atom. The molecule has 39 heavy (non-hydrogen) atoms. The molecule has 2 aromatic carbocycles. The van der Waals surface area contributed by atoms with Crippen LogP contribution in [0.2, 0.25) is 0 Å². The number of alkyl carbamates (subject to hydrolysis) is 1. The summed E-state index contributed by atoms with van der Waals surface area (Å²) in [5, 5.41) is 5.89. The summed E-state index contributed by atoms with van der Waals surface area (Å²) in [6.45, 7) is 13.5. The molecule has 3 atom stereocenters. The smallest absolute Gasteiger partial charge is 0.408 e. The van der Waals surface area contributed by atoms with Gasteiger partial charge in [-0.3, -0.25) is 9.59 Å². The van der Waals surface area contributed by atoms with Gasteiger partial charge in [-0.25, -0.2) is 4.79 Å². The number of rotatable bonds is 11. The maximum Gasteiger partial charge on any atom is 0.408 e. The van der Waals surface area contributed by atoms with Crippen LogP contribution in [0.4, 0.5) is 4.79 Å². The minimum atomic E-state index is -0.863. The van der Waals surface area contributed by atoms with Crippen LogP contribution in [0, 0.1) is 5.92 Å². The van der Waals surface area contributed by atoms with Crippen molar-refractivity contribution in [2.75, 3.05) is 0 Å². The van der Waals surface area contributed by atoms with E-state index in [9.17, 15) is 14.4 Å². The molecular formula is C32H43N3O4. The minimum absolute atomic E-state index is 0.107. The summed E-state index contributed by atoms with van der Waals surface area (Å²) in [5.74, 6) is -0.704. The standard InChI is InChI=1S/C32H43N3O4/c1-7-22(3)27(34-31(38)39-32(4,5)6)30(37)35(26-18-13-19-26)28(25-17-12-16-23(8-2)20-25)29(36)33-21-24-14-10-9-11-15-24/h8-12,14-17,20,22,26-28H,2,7,13,18-19,21H2,1,3-6H3,(H,33,36)(H,34,38). The van der Waals surface area contributed by atoms with E-state index in [0.717, 1.165) is 30.4 Å². The zero-order valence-electron chi connectivity index (χ0n) is 23.9. The number of hydrogen-bond acceptors (Lipinski definition) is 4. The highest BCUT2D eigenvalue weighted by molar-refractivity contribution is 5.92. The van der Waals surface area contributed by atoms with Gasteiger partial charge < -0.3 is 20.3 Å². The van der Waals surface area contributed by atoms with Crippen molar-refractivity contribution < 1.29 is 19.1 Å². The van der Waals surface area contributed by atoms with E-state index < -0.39 is 23.8 Å². The van der Waals surface area contributed by atoms with Crippen molar-refractivity contribution in [1.82, 2.24) is 15.5 Å². The van der Waals surface area contributed by atoms with Crippen molar-refractivity contribution >= 4 is 24.0 Å². The van der Waals surface area contributed by atoms with Crippen molar-refractivity contribution in [3.8, 4) is 0 Å². The fourth-order valence-corrected chi connectivity index (χ4v) is 4.64. The van der Waals surface area contributed by atoms with E-state index in [2.05, 4.69) is 17.2 Å². The van der Waals surface area contributed by atoms with Crippen LogP contribution in [-0.2, 0) is 20.9 Å². The Kier molecular flexibility index (Phi) is 10.3. The molecule has 0 radical (unpaired) electrons. The molecule has 0 saturated heterocycles. The van der Waals surface area contributed by atoms with E-state index in [0.29, 0.717) is 18.5 Å². The lowest BCUT2D eigenvalue weighted by Gasteiger charge is -2.44. The summed E-state index contributed by atoms with van der Waals surface area (Å²) in [6, 6.07) is 15.4. The van der Waals surface area contributed by atoms with E-state index in [1.54, 1.807) is 31.7 Å². The number of benzene rings is 2. The normalized spacial score (nSPS) is 15.7. The number of nitrogens with zero attached hydrogens (tertiary/aromatic N) is 1. The Bertz CT molecular complexity index is 1140. The minimum Gasteiger partial charge on any atom is -0.444 e. The fraction of sp³-hybridized carbons (Fsp3) is 0.469. The van der Waals surface area contributed by atoms with E-state index in [1.165, 1.54) is 0 Å². The van der Waals surface area contributed by atoms with Gasteiger partial charge in [0.1, 0.15) is 17.7 Å². The van der Waals surface area contributed by atoms with Crippen LogP contribution in [-0.4, -0.2) is 40.5 Å². The summed E-state index contributed by atoms with van der Waals surface area (Å²) in [5.41, 5.74) is 1.83. The van der Waals surface area contributed by atoms with Crippen LogP contribution in [0.25, 0.3) is 6.08 Å². The van der Waals surface area contributed by atoms with Gasteiger partial charge in [0, 0.05) is 12.6 Å². The van der Waals surface area contributed by atoms with Gasteiger partial charge in [-0.1, -0.05) is 81.5 Å². The predicted octanol–water partition coefficient (Wildman–Crippen LogP) is 6.01. The first-order valence-electron chi connectivity index (χ1n) is 13.9. The third-order valence-electron chi connectivity index (χ3n) is 7.17. The highest BCUT2D eigenvalue weighted by Crippen LogP contribution is 2.35. The largest absolute Gasteiger partial charge is 0.444 e. The summed E-state index contributed by atoms with van der Waals surface area (Å²) >= 11 is 0. The number of carbonyl (C=O) groups excluding carboxylic acids is 3. The molecule has 210 valence electrons. The molecule has 0 bridgehead atoms. The Hall–Kier alpha value is -3.61. The van der Waals surface area contributed by atoms with Gasteiger partial charge in [0.15, 0.2) is 0 Å². The lowest BCUT2D eigenvalue weighted by Crippen LogP contribution is -2.59. The monoisotopic (exact) mass is 533 g/mol. The first kappa shape index (κ1) is 29.9. The maximum atomic E-state index is 14.4. The van der Waals surface area contributed by atoms with Crippen LogP contribution in [0.3, 0.4) is 0 Å². The van der Waals surface area contributed by atoms with Crippen LogP contribution < -0.4 is 10.6 Å². The molecule has 2 aromatic rings. The number of ether oxygens (including phenoxy) is 1. The van der Waals surface area contributed by atoms with Crippen LogP contribution >= 0.6 is 0 Å². The quantitative estimate of drug-likeness (QED) is 0.370. The molecule has 3 unspecified atom stereocenters. The van der Waals surface area contributed by atoms with E-state index in [-0.39, 0.29) is 23.8 Å². The third-order valence-corrected chi connectivity index (χ3v) is 7.17. The molecule has 1 fully saturated rings. The van der Waals surface area contributed by atoms with Crippen molar-refractivity contribution in [3.05, 3.63) is 77.9 Å². The highest BCUT2D eigenvalue weighted by Gasteiger charge is 2.43. The van der Waals surface area contributed by atoms with Crippen LogP contribution in [0.5, 0.6) is 0 Å². The Balaban J connectivity index is 2.00. The molecule has 0 spiro atoms. The van der Waals surface area contributed by atoms with Crippen molar-refractivity contribution in [1.29, 1.82) is 0 Å². The topological polar surface area (TPSA) is 87.7 Å². The van der Waals surface area contributed by atoms with Crippen molar-refractivity contribution in [2.24, 2.45) is 5.92 Å². The molecule has 1 aliphatic carbocycles. The second-order valence-electron chi connectivity index (χ2n) is 11.3. The maximum absolute atomic E-state index is 14.4. The molecule has 3 amide bonds.